The Labute approximate surface area is 210 Å². The van der Waals surface area contributed by atoms with Gasteiger partial charge in [-0.2, -0.15) is 5.10 Å². The van der Waals surface area contributed by atoms with Crippen LogP contribution in [0.2, 0.25) is 10.0 Å². The molecule has 2 aromatic carbocycles. The smallest absolute Gasteiger partial charge is 0.264 e. The molecular formula is C24H20Cl2N4OS2. The largest absolute Gasteiger partial charge is 0.269 e. The number of benzene rings is 2. The van der Waals surface area contributed by atoms with Crippen LogP contribution < -0.4 is 15.2 Å². The zero-order chi connectivity index (χ0) is 22.5. The van der Waals surface area contributed by atoms with Gasteiger partial charge >= 0.3 is 0 Å². The second-order valence-corrected chi connectivity index (χ2v) is 11.0. The van der Waals surface area contributed by atoms with Gasteiger partial charge in [-0.3, -0.25) is 20.0 Å². The fourth-order valence-electron chi connectivity index (χ4n) is 4.60. The van der Waals surface area contributed by atoms with Crippen molar-refractivity contribution >= 4 is 68.1 Å². The van der Waals surface area contributed by atoms with Crippen molar-refractivity contribution in [2.45, 2.75) is 37.7 Å². The molecule has 6 rings (SSSR count). The van der Waals surface area contributed by atoms with Crippen LogP contribution in [0.5, 0.6) is 0 Å². The molecule has 3 heterocycles. The molecule has 3 aliphatic rings. The lowest BCUT2D eigenvalue weighted by Crippen LogP contribution is -2.58. The molecule has 1 aliphatic carbocycles. The minimum Gasteiger partial charge on any atom is -0.269 e. The fraction of sp³-hybridized carbons (Fsp3) is 0.250. The summed E-state index contributed by atoms with van der Waals surface area (Å²) in [5.41, 5.74) is 7.23. The third-order valence-electron chi connectivity index (χ3n) is 6.16. The van der Waals surface area contributed by atoms with Gasteiger partial charge in [0.2, 0.25) is 6.29 Å². The van der Waals surface area contributed by atoms with E-state index in [1.807, 2.05) is 53.4 Å². The van der Waals surface area contributed by atoms with Crippen LogP contribution >= 0.6 is 46.3 Å². The van der Waals surface area contributed by atoms with Crippen LogP contribution in [0.4, 0.5) is 10.7 Å². The summed E-state index contributed by atoms with van der Waals surface area (Å²) < 4.78 is 0. The Morgan fingerprint density at radius 1 is 1.06 bits per heavy atom. The van der Waals surface area contributed by atoms with Crippen LogP contribution in [0, 0.1) is 0 Å². The number of thiophene rings is 1. The summed E-state index contributed by atoms with van der Waals surface area (Å²) in [6.45, 7) is 0. The van der Waals surface area contributed by atoms with Crippen LogP contribution in [0.3, 0.4) is 0 Å². The first-order valence-corrected chi connectivity index (χ1v) is 13.4. The molecule has 1 amide bonds. The van der Waals surface area contributed by atoms with Crippen molar-refractivity contribution in [3.63, 3.8) is 0 Å². The van der Waals surface area contributed by atoms with E-state index in [4.69, 9.17) is 23.2 Å². The number of hydrazone groups is 1. The van der Waals surface area contributed by atoms with Crippen molar-refractivity contribution < 1.29 is 4.79 Å². The summed E-state index contributed by atoms with van der Waals surface area (Å²) in [4.78, 5) is 19.2. The van der Waals surface area contributed by atoms with Crippen molar-refractivity contribution in [1.82, 2.24) is 5.43 Å². The Balaban J connectivity index is 1.38. The highest BCUT2D eigenvalue weighted by molar-refractivity contribution is 8.13. The van der Waals surface area contributed by atoms with Gasteiger partial charge in [0.25, 0.3) is 5.91 Å². The number of nitrogens with one attached hydrogen (secondary N) is 1. The number of anilines is 2. The Bertz CT molecular complexity index is 1280. The van der Waals surface area contributed by atoms with Crippen molar-refractivity contribution in [3.8, 4) is 0 Å². The first-order chi connectivity index (χ1) is 16.1. The minimum absolute atomic E-state index is 0.0512. The minimum atomic E-state index is -0.385. The molecule has 0 radical (unpaired) electrons. The SMILES string of the molecule is O=C1c2c(sc3c2CCCC3)N2C(SCc3ccc(Cl)c(Cl)c3)=NNC2N1c1ccccc1. The monoisotopic (exact) mass is 514 g/mol. The zero-order valence-corrected chi connectivity index (χ0v) is 20.7. The molecule has 1 atom stereocenters. The highest BCUT2D eigenvalue weighted by atomic mass is 35.5. The Kier molecular flexibility index (Phi) is 5.53. The van der Waals surface area contributed by atoms with Gasteiger partial charge in [-0.1, -0.05) is 59.2 Å². The van der Waals surface area contributed by atoms with E-state index in [1.165, 1.54) is 16.9 Å². The molecule has 0 bridgehead atoms. The topological polar surface area (TPSA) is 47.9 Å². The van der Waals surface area contributed by atoms with Crippen LogP contribution in [-0.4, -0.2) is 17.4 Å². The van der Waals surface area contributed by atoms with Gasteiger partial charge in [0.15, 0.2) is 5.17 Å². The molecule has 2 aliphatic heterocycles. The predicted molar refractivity (Wildman–Crippen MR) is 139 cm³/mol. The van der Waals surface area contributed by atoms with Crippen LogP contribution in [-0.2, 0) is 18.6 Å². The van der Waals surface area contributed by atoms with Gasteiger partial charge in [-0.05, 0) is 61.1 Å². The summed E-state index contributed by atoms with van der Waals surface area (Å²) in [6.07, 6.45) is 3.93. The predicted octanol–water partition coefficient (Wildman–Crippen LogP) is 6.49. The summed E-state index contributed by atoms with van der Waals surface area (Å²) in [7, 11) is 0. The fourth-order valence-corrected chi connectivity index (χ4v) is 7.31. The first kappa shape index (κ1) is 21.4. The summed E-state index contributed by atoms with van der Waals surface area (Å²) in [5, 5.41) is 7.61. The van der Waals surface area contributed by atoms with E-state index in [-0.39, 0.29) is 12.2 Å². The Morgan fingerprint density at radius 2 is 1.88 bits per heavy atom. The van der Waals surface area contributed by atoms with E-state index in [0.717, 1.165) is 46.2 Å². The van der Waals surface area contributed by atoms with Crippen LogP contribution in [0.25, 0.3) is 0 Å². The maximum Gasteiger partial charge on any atom is 0.264 e. The van der Waals surface area contributed by atoms with E-state index in [1.54, 1.807) is 23.1 Å². The van der Waals surface area contributed by atoms with Gasteiger partial charge in [0, 0.05) is 16.3 Å². The number of amides is 1. The van der Waals surface area contributed by atoms with Gasteiger partial charge in [-0.15, -0.1) is 11.3 Å². The van der Waals surface area contributed by atoms with Gasteiger partial charge in [-0.25, -0.2) is 0 Å². The van der Waals surface area contributed by atoms with Crippen molar-refractivity contribution in [2.75, 3.05) is 9.80 Å². The molecule has 9 heteroatoms. The molecule has 3 aromatic rings. The van der Waals surface area contributed by atoms with Crippen molar-refractivity contribution in [3.05, 3.63) is 80.1 Å². The molecule has 168 valence electrons. The van der Waals surface area contributed by atoms with Gasteiger partial charge in [0.05, 0.1) is 15.6 Å². The van der Waals surface area contributed by atoms with Crippen LogP contribution in [0.15, 0.2) is 53.6 Å². The number of halogens is 2. The molecule has 0 fully saturated rings. The van der Waals surface area contributed by atoms with Gasteiger partial charge in [0.1, 0.15) is 5.00 Å². The number of hydrogen-bond acceptors (Lipinski definition) is 6. The number of carbonyl (C=O) groups is 1. The molecule has 5 nitrogen and oxygen atoms in total. The average Bonchev–Trinajstić information content (AvgIpc) is 3.42. The molecule has 0 saturated heterocycles. The summed E-state index contributed by atoms with van der Waals surface area (Å²) in [5.74, 6) is 0.746. The standard InChI is InChI=1S/C24H20Cl2N4OS2/c25-17-11-10-14(12-18(17)26)13-32-24-28-27-23-29(15-6-2-1-3-7-15)21(31)20-16-8-4-5-9-19(16)33-22(20)30(23)24/h1-3,6-7,10-12,23,27H,4-5,8-9,13H2. The molecule has 1 aromatic heterocycles. The lowest BCUT2D eigenvalue weighted by molar-refractivity contribution is 0.0968. The average molecular weight is 515 g/mol. The van der Waals surface area contributed by atoms with Gasteiger partial charge < -0.3 is 0 Å². The molecular weight excluding hydrogens is 495 g/mol. The number of fused-ring (bicyclic) bond motifs is 5. The van der Waals surface area contributed by atoms with Crippen LogP contribution in [0.1, 0.15) is 39.2 Å². The molecule has 1 N–H and O–H groups in total. The Hall–Kier alpha value is -2.19. The highest BCUT2D eigenvalue weighted by Gasteiger charge is 2.47. The summed E-state index contributed by atoms with van der Waals surface area (Å²) in [6, 6.07) is 15.5. The molecule has 0 spiro atoms. The van der Waals surface area contributed by atoms with Crippen molar-refractivity contribution in [1.29, 1.82) is 0 Å². The maximum absolute atomic E-state index is 13.8. The lowest BCUT2D eigenvalue weighted by atomic mass is 9.94. The molecule has 33 heavy (non-hydrogen) atoms. The van der Waals surface area contributed by atoms with Crippen molar-refractivity contribution in [2.24, 2.45) is 5.10 Å². The third-order valence-corrected chi connectivity index (χ3v) is 9.22. The normalized spacial score (nSPS) is 19.0. The maximum atomic E-state index is 13.8. The van der Waals surface area contributed by atoms with E-state index >= 15 is 0 Å². The number of thioether (sulfide) groups is 1. The second kappa shape index (κ2) is 8.55. The van der Waals surface area contributed by atoms with E-state index in [2.05, 4.69) is 15.4 Å². The second-order valence-electron chi connectivity index (χ2n) is 8.21. The number of aryl methyl sites for hydroxylation is 1. The number of nitrogens with zero attached hydrogens (tertiary/aromatic N) is 3. The lowest BCUT2D eigenvalue weighted by Gasteiger charge is -2.39. The molecule has 0 saturated carbocycles. The molecule has 1 unspecified atom stereocenters. The quantitative estimate of drug-likeness (QED) is 0.433. The van der Waals surface area contributed by atoms with E-state index in [0.29, 0.717) is 15.8 Å². The number of rotatable bonds is 3. The number of amidine groups is 1. The third kappa shape index (κ3) is 3.62. The summed E-state index contributed by atoms with van der Waals surface area (Å²) >= 11 is 15.7. The first-order valence-electron chi connectivity index (χ1n) is 10.8. The number of carbonyl (C=O) groups excluding carboxylic acids is 1. The van der Waals surface area contributed by atoms with E-state index < -0.39 is 0 Å². The zero-order valence-electron chi connectivity index (χ0n) is 17.6. The van der Waals surface area contributed by atoms with E-state index in [9.17, 15) is 4.79 Å². The number of para-hydroxylation sites is 1. The number of hydrogen-bond donors (Lipinski definition) is 1. The Morgan fingerprint density at radius 3 is 2.70 bits per heavy atom. The highest BCUT2D eigenvalue weighted by Crippen LogP contribution is 2.47.